The number of rotatable bonds is 4. The number of phenolic OH excluding ortho intramolecular Hbond substituents is 1. The number of amides is 1. The molecular formula is C28H26FNO5. The third kappa shape index (κ3) is 4.25. The molecule has 1 amide bonds. The van der Waals surface area contributed by atoms with Gasteiger partial charge < -0.3 is 14.9 Å². The average molecular weight is 476 g/mol. The van der Waals surface area contributed by atoms with Gasteiger partial charge in [0.2, 0.25) is 0 Å². The van der Waals surface area contributed by atoms with Crippen LogP contribution >= 0.6 is 0 Å². The van der Waals surface area contributed by atoms with Crippen LogP contribution in [0.25, 0.3) is 5.76 Å². The first kappa shape index (κ1) is 24.0. The molecule has 180 valence electrons. The number of nitrogens with zero attached hydrogens (tertiary/aromatic N) is 1. The van der Waals surface area contributed by atoms with Crippen LogP contribution in [0.1, 0.15) is 43.5 Å². The van der Waals surface area contributed by atoms with E-state index in [1.807, 2.05) is 26.8 Å². The first-order chi connectivity index (χ1) is 16.5. The first-order valence-electron chi connectivity index (χ1n) is 11.1. The zero-order chi connectivity index (χ0) is 25.5. The monoisotopic (exact) mass is 475 g/mol. The van der Waals surface area contributed by atoms with E-state index in [-0.39, 0.29) is 28.0 Å². The van der Waals surface area contributed by atoms with Gasteiger partial charge >= 0.3 is 0 Å². The molecule has 1 aliphatic heterocycles. The number of carbonyl (C=O) groups is 2. The van der Waals surface area contributed by atoms with E-state index in [1.54, 1.807) is 24.3 Å². The SMILES string of the molecule is COc1ccc(C(C)(C)C)cc1/C(O)=C1\C(=O)C(=O)N(c2ccccc2O)C1c1ccc(F)cc1. The molecule has 0 bridgehead atoms. The first-order valence-corrected chi connectivity index (χ1v) is 11.1. The van der Waals surface area contributed by atoms with Crippen molar-refractivity contribution in [3.63, 3.8) is 0 Å². The lowest BCUT2D eigenvalue weighted by Crippen LogP contribution is -2.29. The molecule has 2 N–H and O–H groups in total. The Bertz CT molecular complexity index is 1340. The topological polar surface area (TPSA) is 87.1 Å². The number of benzene rings is 3. The fourth-order valence-corrected chi connectivity index (χ4v) is 4.21. The summed E-state index contributed by atoms with van der Waals surface area (Å²) in [6.45, 7) is 6.02. The summed E-state index contributed by atoms with van der Waals surface area (Å²) in [6, 6.07) is 15.6. The number of Topliss-reactive ketones (excluding diaryl/α,β-unsaturated/α-hetero) is 1. The highest BCUT2D eigenvalue weighted by Crippen LogP contribution is 2.45. The van der Waals surface area contributed by atoms with Crippen molar-refractivity contribution in [1.82, 2.24) is 0 Å². The van der Waals surface area contributed by atoms with Gasteiger partial charge in [0, 0.05) is 0 Å². The highest BCUT2D eigenvalue weighted by atomic mass is 19.1. The molecule has 0 radical (unpaired) electrons. The third-order valence-electron chi connectivity index (χ3n) is 6.09. The second-order valence-corrected chi connectivity index (χ2v) is 9.37. The summed E-state index contributed by atoms with van der Waals surface area (Å²) in [5.41, 5.74) is 1.17. The average Bonchev–Trinajstić information content (AvgIpc) is 3.08. The molecular weight excluding hydrogens is 449 g/mol. The van der Waals surface area contributed by atoms with Crippen LogP contribution < -0.4 is 9.64 Å². The predicted molar refractivity (Wildman–Crippen MR) is 131 cm³/mol. The van der Waals surface area contributed by atoms with Crippen molar-refractivity contribution >= 4 is 23.1 Å². The largest absolute Gasteiger partial charge is 0.507 e. The van der Waals surface area contributed by atoms with Gasteiger partial charge in [-0.1, -0.05) is 51.1 Å². The van der Waals surface area contributed by atoms with Gasteiger partial charge in [-0.2, -0.15) is 0 Å². The molecule has 0 saturated carbocycles. The molecule has 35 heavy (non-hydrogen) atoms. The lowest BCUT2D eigenvalue weighted by atomic mass is 9.85. The van der Waals surface area contributed by atoms with E-state index < -0.39 is 29.3 Å². The summed E-state index contributed by atoms with van der Waals surface area (Å²) in [4.78, 5) is 27.7. The van der Waals surface area contributed by atoms with E-state index in [4.69, 9.17) is 4.74 Å². The van der Waals surface area contributed by atoms with Crippen molar-refractivity contribution < 1.29 is 28.9 Å². The number of hydrogen-bond acceptors (Lipinski definition) is 5. The lowest BCUT2D eigenvalue weighted by Gasteiger charge is -2.26. The number of methoxy groups -OCH3 is 1. The molecule has 0 aliphatic carbocycles. The number of halogens is 1. The Kier molecular flexibility index (Phi) is 6.11. The van der Waals surface area contributed by atoms with Gasteiger partial charge in [0.15, 0.2) is 0 Å². The van der Waals surface area contributed by atoms with E-state index in [2.05, 4.69) is 0 Å². The van der Waals surface area contributed by atoms with Crippen LogP contribution in [0.15, 0.2) is 72.3 Å². The minimum Gasteiger partial charge on any atom is -0.507 e. The highest BCUT2D eigenvalue weighted by molar-refractivity contribution is 6.52. The van der Waals surface area contributed by atoms with Gasteiger partial charge in [-0.25, -0.2) is 4.39 Å². The van der Waals surface area contributed by atoms with Crippen LogP contribution in [0.3, 0.4) is 0 Å². The minimum atomic E-state index is -1.10. The number of para-hydroxylation sites is 2. The molecule has 1 unspecified atom stereocenters. The van der Waals surface area contributed by atoms with Crippen molar-refractivity contribution in [3.05, 3.63) is 94.8 Å². The maximum absolute atomic E-state index is 13.7. The van der Waals surface area contributed by atoms with Crippen LogP contribution in [-0.4, -0.2) is 29.0 Å². The third-order valence-corrected chi connectivity index (χ3v) is 6.09. The highest BCUT2D eigenvalue weighted by Gasteiger charge is 2.48. The van der Waals surface area contributed by atoms with Crippen molar-refractivity contribution in [2.75, 3.05) is 12.0 Å². The van der Waals surface area contributed by atoms with Gasteiger partial charge in [-0.15, -0.1) is 0 Å². The summed E-state index contributed by atoms with van der Waals surface area (Å²) >= 11 is 0. The van der Waals surface area contributed by atoms with Crippen molar-refractivity contribution in [3.8, 4) is 11.5 Å². The summed E-state index contributed by atoms with van der Waals surface area (Å²) in [5, 5.41) is 22.0. The van der Waals surface area contributed by atoms with Crippen LogP contribution in [0.2, 0.25) is 0 Å². The van der Waals surface area contributed by atoms with Crippen LogP contribution in [0, 0.1) is 5.82 Å². The standard InChI is InChI=1S/C28H26FNO5/c1-28(2,3)17-11-14-22(35-4)19(15-17)25(32)23-24(16-9-12-18(29)13-10-16)30(27(34)26(23)33)20-7-5-6-8-21(20)31/h5-15,24,31-32H,1-4H3/b25-23+. The Balaban J connectivity index is 2.01. The number of anilines is 1. The predicted octanol–water partition coefficient (Wildman–Crippen LogP) is 5.46. The maximum atomic E-state index is 13.7. The van der Waals surface area contributed by atoms with Gasteiger partial charge in [0.25, 0.3) is 11.7 Å². The summed E-state index contributed by atoms with van der Waals surface area (Å²) in [5.74, 6) is -2.65. The molecule has 1 heterocycles. The maximum Gasteiger partial charge on any atom is 0.300 e. The molecule has 3 aromatic carbocycles. The molecule has 1 atom stereocenters. The Morgan fingerprint density at radius 1 is 1.00 bits per heavy atom. The lowest BCUT2D eigenvalue weighted by molar-refractivity contribution is -0.132. The molecule has 7 heteroatoms. The molecule has 0 spiro atoms. The fraction of sp³-hybridized carbons (Fsp3) is 0.214. The van der Waals surface area contributed by atoms with Gasteiger partial charge in [0.05, 0.1) is 30.0 Å². The van der Waals surface area contributed by atoms with Crippen molar-refractivity contribution in [2.24, 2.45) is 0 Å². The Morgan fingerprint density at radius 2 is 1.66 bits per heavy atom. The number of ether oxygens (including phenoxy) is 1. The number of phenols is 1. The number of aliphatic hydroxyl groups is 1. The smallest absolute Gasteiger partial charge is 0.300 e. The summed E-state index contributed by atoms with van der Waals surface area (Å²) < 4.78 is 19.2. The van der Waals surface area contributed by atoms with E-state index in [0.717, 1.165) is 10.5 Å². The normalized spacial score (nSPS) is 17.6. The van der Waals surface area contributed by atoms with Crippen LogP contribution in [0.4, 0.5) is 10.1 Å². The van der Waals surface area contributed by atoms with E-state index in [9.17, 15) is 24.2 Å². The van der Waals surface area contributed by atoms with E-state index >= 15 is 0 Å². The second kappa shape index (κ2) is 8.91. The van der Waals surface area contributed by atoms with E-state index in [1.165, 1.54) is 43.5 Å². The molecule has 0 aromatic heterocycles. The van der Waals surface area contributed by atoms with Gasteiger partial charge in [-0.3, -0.25) is 14.5 Å². The van der Waals surface area contributed by atoms with Crippen molar-refractivity contribution in [2.45, 2.75) is 32.2 Å². The summed E-state index contributed by atoms with van der Waals surface area (Å²) in [7, 11) is 1.45. The van der Waals surface area contributed by atoms with E-state index in [0.29, 0.717) is 11.3 Å². The van der Waals surface area contributed by atoms with Crippen LogP contribution in [0.5, 0.6) is 11.5 Å². The number of hydrogen-bond donors (Lipinski definition) is 2. The number of ketones is 1. The molecule has 4 rings (SSSR count). The molecule has 6 nitrogen and oxygen atoms in total. The number of aliphatic hydroxyl groups excluding tert-OH is 1. The zero-order valence-corrected chi connectivity index (χ0v) is 19.9. The zero-order valence-electron chi connectivity index (χ0n) is 19.9. The molecule has 1 saturated heterocycles. The minimum absolute atomic E-state index is 0.0957. The molecule has 1 aliphatic rings. The Labute approximate surface area is 202 Å². The van der Waals surface area contributed by atoms with Crippen LogP contribution in [-0.2, 0) is 15.0 Å². The fourth-order valence-electron chi connectivity index (χ4n) is 4.21. The molecule has 1 fully saturated rings. The summed E-state index contributed by atoms with van der Waals surface area (Å²) in [6.07, 6.45) is 0. The van der Waals surface area contributed by atoms with Crippen molar-refractivity contribution in [1.29, 1.82) is 0 Å². The van der Waals surface area contributed by atoms with Gasteiger partial charge in [0.1, 0.15) is 23.1 Å². The quantitative estimate of drug-likeness (QED) is 0.297. The number of aromatic hydroxyl groups is 1. The molecule has 3 aromatic rings. The van der Waals surface area contributed by atoms with Gasteiger partial charge in [-0.05, 0) is 52.9 Å². The second-order valence-electron chi connectivity index (χ2n) is 9.37. The Hall–Kier alpha value is -4.13. The Morgan fingerprint density at radius 3 is 2.26 bits per heavy atom. The number of carbonyl (C=O) groups excluding carboxylic acids is 2.